The summed E-state index contributed by atoms with van der Waals surface area (Å²) in [4.78, 5) is 11.5. The quantitative estimate of drug-likeness (QED) is 0.644. The van der Waals surface area contributed by atoms with Crippen molar-refractivity contribution in [1.29, 1.82) is 0 Å². The lowest BCUT2D eigenvalue weighted by Crippen LogP contribution is -2.47. The van der Waals surface area contributed by atoms with Crippen molar-refractivity contribution in [3.05, 3.63) is 5.82 Å². The fraction of sp³-hybridized carbons (Fsp3) is 0.750. The van der Waals surface area contributed by atoms with E-state index in [0.29, 0.717) is 5.82 Å². The monoisotopic (exact) mass is 213 g/mol. The lowest BCUT2D eigenvalue weighted by molar-refractivity contribution is -0.122. The minimum atomic E-state index is -0.622. The summed E-state index contributed by atoms with van der Waals surface area (Å²) in [5.41, 5.74) is -0.622. The molecule has 0 saturated heterocycles. The molecule has 0 aliphatic rings. The molecule has 0 aliphatic carbocycles. The van der Waals surface area contributed by atoms with Crippen molar-refractivity contribution in [1.82, 2.24) is 25.5 Å². The topological polar surface area (TPSA) is 92.9 Å². The van der Waals surface area contributed by atoms with Gasteiger partial charge in [-0.2, -0.15) is 0 Å². The average molecular weight is 213 g/mol. The second-order valence-corrected chi connectivity index (χ2v) is 3.99. The second kappa shape index (κ2) is 4.35. The molecule has 15 heavy (non-hydrogen) atoms. The summed E-state index contributed by atoms with van der Waals surface area (Å²) in [6.45, 7) is 3.36. The first-order valence-electron chi connectivity index (χ1n) is 4.58. The van der Waals surface area contributed by atoms with Crippen molar-refractivity contribution in [2.75, 3.05) is 6.61 Å². The van der Waals surface area contributed by atoms with Crippen LogP contribution in [0.3, 0.4) is 0 Å². The Kier molecular flexibility index (Phi) is 3.35. The van der Waals surface area contributed by atoms with Crippen molar-refractivity contribution >= 4 is 5.91 Å². The molecular weight excluding hydrogens is 198 g/mol. The van der Waals surface area contributed by atoms with Gasteiger partial charge in [-0.25, -0.2) is 4.68 Å². The Morgan fingerprint density at radius 2 is 2.27 bits per heavy atom. The SMILES string of the molecule is Cn1nnnc1CC(=O)NC(C)(C)CO. The van der Waals surface area contributed by atoms with Crippen LogP contribution in [0.4, 0.5) is 0 Å². The van der Waals surface area contributed by atoms with Crippen LogP contribution in [-0.4, -0.2) is 43.4 Å². The molecule has 1 rings (SSSR count). The molecule has 0 spiro atoms. The molecule has 0 radical (unpaired) electrons. The highest BCUT2D eigenvalue weighted by atomic mass is 16.3. The number of aromatic nitrogens is 4. The molecule has 1 aromatic heterocycles. The van der Waals surface area contributed by atoms with E-state index in [0.717, 1.165) is 0 Å². The fourth-order valence-corrected chi connectivity index (χ4v) is 1.00. The Balaban J connectivity index is 2.54. The number of tetrazole rings is 1. The van der Waals surface area contributed by atoms with Crippen LogP contribution in [0.25, 0.3) is 0 Å². The lowest BCUT2D eigenvalue weighted by Gasteiger charge is -2.23. The van der Waals surface area contributed by atoms with Crippen molar-refractivity contribution in [3.8, 4) is 0 Å². The number of aryl methyl sites for hydroxylation is 1. The zero-order valence-corrected chi connectivity index (χ0v) is 9.06. The summed E-state index contributed by atoms with van der Waals surface area (Å²) in [6, 6.07) is 0. The van der Waals surface area contributed by atoms with Crippen LogP contribution >= 0.6 is 0 Å². The summed E-state index contributed by atoms with van der Waals surface area (Å²) in [7, 11) is 1.67. The molecule has 7 heteroatoms. The Morgan fingerprint density at radius 3 is 2.73 bits per heavy atom. The largest absolute Gasteiger partial charge is 0.394 e. The lowest BCUT2D eigenvalue weighted by atomic mass is 10.1. The minimum Gasteiger partial charge on any atom is -0.394 e. The fourth-order valence-electron chi connectivity index (χ4n) is 1.00. The van der Waals surface area contributed by atoms with Gasteiger partial charge >= 0.3 is 0 Å². The maximum Gasteiger partial charge on any atom is 0.228 e. The molecule has 1 aromatic rings. The number of rotatable bonds is 4. The number of carbonyl (C=O) groups is 1. The van der Waals surface area contributed by atoms with Gasteiger partial charge in [0.2, 0.25) is 5.91 Å². The standard InChI is InChI=1S/C8H15N5O2/c1-8(2,5-14)9-7(15)4-6-10-11-12-13(6)3/h14H,4-5H2,1-3H3,(H,9,15). The highest BCUT2D eigenvalue weighted by molar-refractivity contribution is 5.78. The number of nitrogens with one attached hydrogen (secondary N) is 1. The van der Waals surface area contributed by atoms with E-state index in [2.05, 4.69) is 20.8 Å². The van der Waals surface area contributed by atoms with Gasteiger partial charge < -0.3 is 10.4 Å². The van der Waals surface area contributed by atoms with Gasteiger partial charge in [0.15, 0.2) is 5.82 Å². The molecule has 0 atom stereocenters. The molecule has 84 valence electrons. The highest BCUT2D eigenvalue weighted by Crippen LogP contribution is 2.00. The van der Waals surface area contributed by atoms with Gasteiger partial charge in [-0.1, -0.05) is 0 Å². The third kappa shape index (κ3) is 3.28. The second-order valence-electron chi connectivity index (χ2n) is 3.99. The molecule has 0 bridgehead atoms. The third-order valence-electron chi connectivity index (χ3n) is 1.90. The average Bonchev–Trinajstić information content (AvgIpc) is 2.51. The Bertz CT molecular complexity index is 347. The summed E-state index contributed by atoms with van der Waals surface area (Å²) >= 11 is 0. The Hall–Kier alpha value is -1.50. The molecule has 0 saturated carbocycles. The van der Waals surface area contributed by atoms with E-state index in [4.69, 9.17) is 5.11 Å². The van der Waals surface area contributed by atoms with Gasteiger partial charge in [-0.15, -0.1) is 5.10 Å². The van der Waals surface area contributed by atoms with Gasteiger partial charge in [-0.05, 0) is 24.3 Å². The zero-order valence-electron chi connectivity index (χ0n) is 9.06. The van der Waals surface area contributed by atoms with E-state index in [1.165, 1.54) is 4.68 Å². The third-order valence-corrected chi connectivity index (χ3v) is 1.90. The van der Waals surface area contributed by atoms with Crippen molar-refractivity contribution in [3.63, 3.8) is 0 Å². The number of nitrogens with zero attached hydrogens (tertiary/aromatic N) is 4. The van der Waals surface area contributed by atoms with Gasteiger partial charge in [0.25, 0.3) is 0 Å². The number of aliphatic hydroxyl groups is 1. The van der Waals surface area contributed by atoms with Crippen molar-refractivity contribution in [2.45, 2.75) is 25.8 Å². The molecular formula is C8H15N5O2. The Morgan fingerprint density at radius 1 is 1.60 bits per heavy atom. The van der Waals surface area contributed by atoms with Gasteiger partial charge in [0.05, 0.1) is 18.6 Å². The number of hydrogen-bond acceptors (Lipinski definition) is 5. The van der Waals surface area contributed by atoms with E-state index >= 15 is 0 Å². The van der Waals surface area contributed by atoms with E-state index < -0.39 is 5.54 Å². The molecule has 0 fully saturated rings. The van der Waals surface area contributed by atoms with Crippen LogP contribution in [-0.2, 0) is 18.3 Å². The van der Waals surface area contributed by atoms with Crippen LogP contribution in [0.2, 0.25) is 0 Å². The van der Waals surface area contributed by atoms with E-state index in [-0.39, 0.29) is 18.9 Å². The molecule has 1 amide bonds. The van der Waals surface area contributed by atoms with Crippen molar-refractivity contribution < 1.29 is 9.90 Å². The molecule has 0 unspecified atom stereocenters. The first kappa shape index (κ1) is 11.6. The number of aliphatic hydroxyl groups excluding tert-OH is 1. The van der Waals surface area contributed by atoms with E-state index in [1.54, 1.807) is 20.9 Å². The van der Waals surface area contributed by atoms with Gasteiger partial charge in [0, 0.05) is 7.05 Å². The van der Waals surface area contributed by atoms with Crippen LogP contribution < -0.4 is 5.32 Å². The predicted octanol–water partition coefficient (Wildman–Crippen LogP) is -1.36. The van der Waals surface area contributed by atoms with Gasteiger partial charge in [0.1, 0.15) is 0 Å². The first-order chi connectivity index (χ1) is 6.94. The van der Waals surface area contributed by atoms with Crippen LogP contribution in [0, 0.1) is 0 Å². The predicted molar refractivity (Wildman–Crippen MR) is 51.8 cm³/mol. The van der Waals surface area contributed by atoms with E-state index in [1.807, 2.05) is 0 Å². The van der Waals surface area contributed by atoms with Gasteiger partial charge in [-0.3, -0.25) is 4.79 Å². The number of amides is 1. The summed E-state index contributed by atoms with van der Waals surface area (Å²) in [6.07, 6.45) is 0.104. The maximum atomic E-state index is 11.5. The van der Waals surface area contributed by atoms with E-state index in [9.17, 15) is 4.79 Å². The molecule has 7 nitrogen and oxygen atoms in total. The van der Waals surface area contributed by atoms with Crippen LogP contribution in [0.5, 0.6) is 0 Å². The number of carbonyl (C=O) groups excluding carboxylic acids is 1. The smallest absolute Gasteiger partial charge is 0.228 e. The Labute approximate surface area is 87.5 Å². The van der Waals surface area contributed by atoms with Crippen molar-refractivity contribution in [2.24, 2.45) is 7.05 Å². The summed E-state index contributed by atoms with van der Waals surface area (Å²) < 4.78 is 1.44. The zero-order chi connectivity index (χ0) is 11.5. The summed E-state index contributed by atoms with van der Waals surface area (Å²) in [5, 5.41) is 22.4. The maximum absolute atomic E-state index is 11.5. The summed E-state index contributed by atoms with van der Waals surface area (Å²) in [5.74, 6) is 0.271. The normalized spacial score (nSPS) is 11.5. The van der Waals surface area contributed by atoms with Crippen LogP contribution in [0.15, 0.2) is 0 Å². The van der Waals surface area contributed by atoms with Crippen LogP contribution in [0.1, 0.15) is 19.7 Å². The first-order valence-corrected chi connectivity index (χ1v) is 4.58. The molecule has 0 aliphatic heterocycles. The molecule has 2 N–H and O–H groups in total. The number of hydrogen-bond donors (Lipinski definition) is 2. The molecule has 0 aromatic carbocycles. The molecule has 1 heterocycles. The highest BCUT2D eigenvalue weighted by Gasteiger charge is 2.20. The minimum absolute atomic E-state index is 0.104.